The van der Waals surface area contributed by atoms with Crippen molar-refractivity contribution in [1.82, 2.24) is 4.90 Å². The molecule has 0 unspecified atom stereocenters. The molecular formula is C14H25NO4. The molecule has 1 heterocycles. The van der Waals surface area contributed by atoms with E-state index in [2.05, 4.69) is 6.92 Å². The molecule has 1 amide bonds. The lowest BCUT2D eigenvalue weighted by Crippen LogP contribution is -2.40. The summed E-state index contributed by atoms with van der Waals surface area (Å²) in [5.41, 5.74) is 0. The molecule has 1 saturated heterocycles. The second-order valence-electron chi connectivity index (χ2n) is 5.31. The summed E-state index contributed by atoms with van der Waals surface area (Å²) >= 11 is 0. The molecule has 0 saturated carbocycles. The Hall–Kier alpha value is -1.10. The summed E-state index contributed by atoms with van der Waals surface area (Å²) in [4.78, 5) is 24.3. The number of hydrogen-bond donors (Lipinski definition) is 2. The highest BCUT2D eigenvalue weighted by molar-refractivity contribution is 5.84. The minimum absolute atomic E-state index is 0.139. The summed E-state index contributed by atoms with van der Waals surface area (Å²) < 4.78 is 0. The Balaban J connectivity index is 2.26. The molecule has 19 heavy (non-hydrogen) atoms. The SMILES string of the molecule is CCCCCCCCC(=O)N1C[C@H](O)C[C@@H]1C(=O)O. The third-order valence-electron chi connectivity index (χ3n) is 3.63. The van der Waals surface area contributed by atoms with Crippen molar-refractivity contribution in [1.29, 1.82) is 0 Å². The van der Waals surface area contributed by atoms with Gasteiger partial charge in [-0.05, 0) is 6.42 Å². The van der Waals surface area contributed by atoms with Gasteiger partial charge in [-0.25, -0.2) is 4.79 Å². The summed E-state index contributed by atoms with van der Waals surface area (Å²) in [6, 6.07) is -0.845. The van der Waals surface area contributed by atoms with Crippen LogP contribution in [0.2, 0.25) is 0 Å². The largest absolute Gasteiger partial charge is 0.480 e. The van der Waals surface area contributed by atoms with Crippen molar-refractivity contribution in [2.45, 2.75) is 70.4 Å². The predicted molar refractivity (Wildman–Crippen MR) is 71.8 cm³/mol. The van der Waals surface area contributed by atoms with E-state index in [0.717, 1.165) is 19.3 Å². The van der Waals surface area contributed by atoms with Crippen LogP contribution in [-0.2, 0) is 9.59 Å². The van der Waals surface area contributed by atoms with Crippen LogP contribution in [0.3, 0.4) is 0 Å². The number of hydrogen-bond acceptors (Lipinski definition) is 3. The normalized spacial score (nSPS) is 22.7. The fourth-order valence-corrected chi connectivity index (χ4v) is 2.52. The Morgan fingerprint density at radius 1 is 1.16 bits per heavy atom. The van der Waals surface area contributed by atoms with Gasteiger partial charge in [-0.3, -0.25) is 4.79 Å². The first-order valence-corrected chi connectivity index (χ1v) is 7.26. The first-order chi connectivity index (χ1) is 9.06. The molecule has 0 aliphatic carbocycles. The average molecular weight is 271 g/mol. The number of aliphatic carboxylic acids is 1. The summed E-state index contributed by atoms with van der Waals surface area (Å²) in [5, 5.41) is 18.5. The zero-order valence-electron chi connectivity index (χ0n) is 11.7. The van der Waals surface area contributed by atoms with Crippen molar-refractivity contribution in [3.8, 4) is 0 Å². The monoisotopic (exact) mass is 271 g/mol. The molecule has 0 aromatic carbocycles. The Labute approximate surface area is 114 Å². The molecule has 1 aliphatic heterocycles. The predicted octanol–water partition coefficient (Wildman–Crippen LogP) is 1.78. The lowest BCUT2D eigenvalue weighted by molar-refractivity contribution is -0.148. The van der Waals surface area contributed by atoms with Crippen LogP contribution in [0.15, 0.2) is 0 Å². The van der Waals surface area contributed by atoms with Gasteiger partial charge in [-0.1, -0.05) is 39.0 Å². The van der Waals surface area contributed by atoms with E-state index in [0.29, 0.717) is 6.42 Å². The van der Waals surface area contributed by atoms with Gasteiger partial charge in [0.15, 0.2) is 0 Å². The standard InChI is InChI=1S/C14H25NO4/c1-2-3-4-5-6-7-8-13(17)15-10-11(16)9-12(15)14(18)19/h11-12,16H,2-10H2,1H3,(H,18,19)/t11-,12-/m1/s1. The molecule has 0 spiro atoms. The fraction of sp³-hybridized carbons (Fsp3) is 0.857. The van der Waals surface area contributed by atoms with E-state index >= 15 is 0 Å². The quantitative estimate of drug-likeness (QED) is 0.660. The van der Waals surface area contributed by atoms with E-state index < -0.39 is 18.1 Å². The maximum absolute atomic E-state index is 11.9. The third kappa shape index (κ3) is 5.19. The number of carboxylic acid groups (broad SMARTS) is 1. The maximum Gasteiger partial charge on any atom is 0.326 e. The minimum Gasteiger partial charge on any atom is -0.480 e. The van der Waals surface area contributed by atoms with Gasteiger partial charge in [0.05, 0.1) is 6.10 Å². The second kappa shape index (κ2) is 8.15. The Kier molecular flexibility index (Phi) is 6.84. The number of rotatable bonds is 8. The van der Waals surface area contributed by atoms with E-state index in [9.17, 15) is 14.7 Å². The summed E-state index contributed by atoms with van der Waals surface area (Å²) in [6.07, 6.45) is 6.42. The van der Waals surface area contributed by atoms with Crippen LogP contribution >= 0.6 is 0 Å². The van der Waals surface area contributed by atoms with Crippen LogP contribution < -0.4 is 0 Å². The van der Waals surface area contributed by atoms with Crippen molar-refractivity contribution in [2.24, 2.45) is 0 Å². The molecule has 0 aromatic heterocycles. The number of likely N-dealkylation sites (tertiary alicyclic amines) is 1. The number of unbranched alkanes of at least 4 members (excludes halogenated alkanes) is 5. The van der Waals surface area contributed by atoms with Crippen molar-refractivity contribution in [2.75, 3.05) is 6.54 Å². The van der Waals surface area contributed by atoms with Crippen molar-refractivity contribution >= 4 is 11.9 Å². The molecule has 5 heteroatoms. The van der Waals surface area contributed by atoms with Gasteiger partial charge in [0.25, 0.3) is 0 Å². The molecule has 0 radical (unpaired) electrons. The number of aliphatic hydroxyl groups is 1. The Morgan fingerprint density at radius 3 is 2.42 bits per heavy atom. The van der Waals surface area contributed by atoms with Crippen LogP contribution in [0.5, 0.6) is 0 Å². The van der Waals surface area contributed by atoms with Crippen LogP contribution in [0.4, 0.5) is 0 Å². The van der Waals surface area contributed by atoms with Gasteiger partial charge >= 0.3 is 5.97 Å². The van der Waals surface area contributed by atoms with E-state index in [1.165, 1.54) is 24.2 Å². The molecule has 0 aromatic rings. The van der Waals surface area contributed by atoms with E-state index in [4.69, 9.17) is 5.11 Å². The van der Waals surface area contributed by atoms with Gasteiger partial charge in [-0.15, -0.1) is 0 Å². The molecule has 0 bridgehead atoms. The lowest BCUT2D eigenvalue weighted by Gasteiger charge is -2.21. The molecule has 1 aliphatic rings. The molecule has 5 nitrogen and oxygen atoms in total. The van der Waals surface area contributed by atoms with E-state index in [1.807, 2.05) is 0 Å². The maximum atomic E-state index is 11.9. The molecule has 1 fully saturated rings. The molecule has 1 rings (SSSR count). The van der Waals surface area contributed by atoms with Crippen LogP contribution in [0.1, 0.15) is 58.3 Å². The van der Waals surface area contributed by atoms with E-state index in [1.54, 1.807) is 0 Å². The van der Waals surface area contributed by atoms with Crippen molar-refractivity contribution in [3.05, 3.63) is 0 Å². The number of carboxylic acids is 1. The van der Waals surface area contributed by atoms with Crippen molar-refractivity contribution in [3.63, 3.8) is 0 Å². The number of amides is 1. The number of carbonyl (C=O) groups excluding carboxylic acids is 1. The number of β-amino-alcohol motifs (C(OH)–C–C–N with tert-alkyl or cyclic N) is 1. The van der Waals surface area contributed by atoms with Gasteiger partial charge < -0.3 is 15.1 Å². The zero-order valence-corrected chi connectivity index (χ0v) is 11.7. The third-order valence-corrected chi connectivity index (χ3v) is 3.63. The first-order valence-electron chi connectivity index (χ1n) is 7.26. The first kappa shape index (κ1) is 16.0. The molecule has 2 atom stereocenters. The van der Waals surface area contributed by atoms with Gasteiger partial charge in [-0.2, -0.15) is 0 Å². The van der Waals surface area contributed by atoms with Gasteiger partial charge in [0.1, 0.15) is 6.04 Å². The van der Waals surface area contributed by atoms with E-state index in [-0.39, 0.29) is 18.9 Å². The highest BCUT2D eigenvalue weighted by Crippen LogP contribution is 2.20. The average Bonchev–Trinajstić information content (AvgIpc) is 2.76. The Morgan fingerprint density at radius 2 is 1.79 bits per heavy atom. The Bertz CT molecular complexity index is 306. The molecule has 110 valence electrons. The zero-order chi connectivity index (χ0) is 14.3. The smallest absolute Gasteiger partial charge is 0.326 e. The van der Waals surface area contributed by atoms with Crippen LogP contribution in [0, 0.1) is 0 Å². The number of aliphatic hydroxyl groups excluding tert-OH is 1. The highest BCUT2D eigenvalue weighted by Gasteiger charge is 2.38. The molecule has 2 N–H and O–H groups in total. The minimum atomic E-state index is -1.02. The topological polar surface area (TPSA) is 77.8 Å². The van der Waals surface area contributed by atoms with Crippen LogP contribution in [0.25, 0.3) is 0 Å². The fourth-order valence-electron chi connectivity index (χ4n) is 2.52. The highest BCUT2D eigenvalue weighted by atomic mass is 16.4. The number of nitrogens with zero attached hydrogens (tertiary/aromatic N) is 1. The van der Waals surface area contributed by atoms with Gasteiger partial charge in [0.2, 0.25) is 5.91 Å². The summed E-state index contributed by atoms with van der Waals surface area (Å²) in [7, 11) is 0. The lowest BCUT2D eigenvalue weighted by atomic mass is 10.1. The summed E-state index contributed by atoms with van der Waals surface area (Å²) in [6.45, 7) is 2.32. The van der Waals surface area contributed by atoms with Crippen LogP contribution in [-0.4, -0.2) is 45.7 Å². The summed E-state index contributed by atoms with van der Waals surface area (Å²) in [5.74, 6) is -1.16. The number of carbonyl (C=O) groups is 2. The second-order valence-corrected chi connectivity index (χ2v) is 5.31. The molecular weight excluding hydrogens is 246 g/mol. The van der Waals surface area contributed by atoms with Gasteiger partial charge in [0, 0.05) is 19.4 Å². The van der Waals surface area contributed by atoms with Crippen molar-refractivity contribution < 1.29 is 19.8 Å².